The molecular formula is C20H24F3N5. The average molecular weight is 391 g/mol. The van der Waals surface area contributed by atoms with Crippen LogP contribution in [0.4, 0.5) is 19.0 Å². The number of likely N-dealkylation sites (tertiary alicyclic amines) is 1. The molecule has 1 saturated heterocycles. The molecule has 3 heterocycles. The zero-order valence-corrected chi connectivity index (χ0v) is 15.6. The van der Waals surface area contributed by atoms with Crippen LogP contribution in [0.1, 0.15) is 37.1 Å². The summed E-state index contributed by atoms with van der Waals surface area (Å²) >= 11 is 0. The van der Waals surface area contributed by atoms with Crippen LogP contribution in [0.25, 0.3) is 0 Å². The second-order valence-electron chi connectivity index (χ2n) is 7.54. The van der Waals surface area contributed by atoms with Gasteiger partial charge in [-0.15, -0.1) is 0 Å². The maximum atomic E-state index is 13.0. The van der Waals surface area contributed by atoms with Gasteiger partial charge in [0.1, 0.15) is 17.8 Å². The predicted octanol–water partition coefficient (Wildman–Crippen LogP) is 3.57. The van der Waals surface area contributed by atoms with Crippen molar-refractivity contribution in [3.05, 3.63) is 48.2 Å². The maximum absolute atomic E-state index is 13.0. The molecule has 0 aromatic carbocycles. The molecule has 0 atom stereocenters. The zero-order chi connectivity index (χ0) is 19.6. The number of hydrogen-bond acceptors (Lipinski definition) is 5. The Balaban J connectivity index is 1.38. The van der Waals surface area contributed by atoms with Crippen LogP contribution >= 0.6 is 0 Å². The monoisotopic (exact) mass is 391 g/mol. The van der Waals surface area contributed by atoms with E-state index in [9.17, 15) is 13.2 Å². The van der Waals surface area contributed by atoms with E-state index in [4.69, 9.17) is 0 Å². The first kappa shape index (κ1) is 19.1. The van der Waals surface area contributed by atoms with Crippen LogP contribution in [0.2, 0.25) is 0 Å². The van der Waals surface area contributed by atoms with Gasteiger partial charge in [-0.3, -0.25) is 4.98 Å². The lowest BCUT2D eigenvalue weighted by atomic mass is 10.0. The summed E-state index contributed by atoms with van der Waals surface area (Å²) in [6.07, 6.45) is 3.23. The van der Waals surface area contributed by atoms with Gasteiger partial charge >= 0.3 is 6.18 Å². The second kappa shape index (κ2) is 8.03. The molecule has 0 spiro atoms. The Bertz CT molecular complexity index is 771. The molecule has 150 valence electrons. The van der Waals surface area contributed by atoms with Crippen molar-refractivity contribution in [1.82, 2.24) is 19.9 Å². The van der Waals surface area contributed by atoms with Gasteiger partial charge in [0.25, 0.3) is 0 Å². The summed E-state index contributed by atoms with van der Waals surface area (Å²) in [7, 11) is 0. The minimum absolute atomic E-state index is 0.231. The summed E-state index contributed by atoms with van der Waals surface area (Å²) in [6.45, 7) is 2.84. The molecule has 2 aliphatic rings. The first-order valence-electron chi connectivity index (χ1n) is 9.80. The summed E-state index contributed by atoms with van der Waals surface area (Å²) in [5, 5.41) is 0. The van der Waals surface area contributed by atoms with Gasteiger partial charge in [0.05, 0.1) is 0 Å². The Morgan fingerprint density at radius 2 is 1.75 bits per heavy atom. The fourth-order valence-corrected chi connectivity index (χ4v) is 3.91. The number of piperidine rings is 1. The van der Waals surface area contributed by atoms with Crippen molar-refractivity contribution in [3.8, 4) is 0 Å². The van der Waals surface area contributed by atoms with Crippen LogP contribution in [-0.2, 0) is 12.6 Å². The van der Waals surface area contributed by atoms with Gasteiger partial charge in [0, 0.05) is 56.1 Å². The Hall–Kier alpha value is -2.22. The maximum Gasteiger partial charge on any atom is 0.433 e. The largest absolute Gasteiger partial charge is 0.433 e. The average Bonchev–Trinajstić information content (AvgIpc) is 3.53. The molecule has 2 aromatic rings. The third-order valence-corrected chi connectivity index (χ3v) is 5.51. The minimum atomic E-state index is -4.44. The topological polar surface area (TPSA) is 45.2 Å². The highest BCUT2D eigenvalue weighted by Crippen LogP contribution is 2.37. The van der Waals surface area contributed by atoms with E-state index in [1.807, 2.05) is 24.4 Å². The molecule has 2 fully saturated rings. The van der Waals surface area contributed by atoms with E-state index in [1.54, 1.807) is 0 Å². The molecule has 5 nitrogen and oxygen atoms in total. The summed E-state index contributed by atoms with van der Waals surface area (Å²) < 4.78 is 39.1. The molecule has 1 aliphatic heterocycles. The Labute approximate surface area is 162 Å². The van der Waals surface area contributed by atoms with E-state index >= 15 is 0 Å². The van der Waals surface area contributed by atoms with Crippen LogP contribution in [0, 0.1) is 0 Å². The van der Waals surface area contributed by atoms with Gasteiger partial charge in [-0.05, 0) is 37.8 Å². The van der Waals surface area contributed by atoms with Crippen molar-refractivity contribution in [2.75, 3.05) is 24.5 Å². The van der Waals surface area contributed by atoms with E-state index in [-0.39, 0.29) is 6.04 Å². The third kappa shape index (κ3) is 4.60. The van der Waals surface area contributed by atoms with Crippen molar-refractivity contribution in [1.29, 1.82) is 0 Å². The molecule has 1 aliphatic carbocycles. The number of aromatic nitrogens is 3. The first-order chi connectivity index (χ1) is 13.5. The normalized spacial score (nSPS) is 19.0. The molecular weight excluding hydrogens is 367 g/mol. The lowest BCUT2D eigenvalue weighted by molar-refractivity contribution is -0.141. The molecule has 2 aromatic heterocycles. The van der Waals surface area contributed by atoms with Crippen LogP contribution in [0.15, 0.2) is 36.8 Å². The smallest absolute Gasteiger partial charge is 0.350 e. The second-order valence-corrected chi connectivity index (χ2v) is 7.54. The Kier molecular flexibility index (Phi) is 5.48. The molecule has 4 rings (SSSR count). The van der Waals surface area contributed by atoms with E-state index < -0.39 is 11.9 Å². The third-order valence-electron chi connectivity index (χ3n) is 5.51. The van der Waals surface area contributed by atoms with Gasteiger partial charge in [-0.25, -0.2) is 9.97 Å². The number of anilines is 1. The number of rotatable bonds is 6. The molecule has 0 N–H and O–H groups in total. The fourth-order valence-electron chi connectivity index (χ4n) is 3.91. The zero-order valence-electron chi connectivity index (χ0n) is 15.6. The van der Waals surface area contributed by atoms with Crippen LogP contribution < -0.4 is 4.90 Å². The van der Waals surface area contributed by atoms with Crippen LogP contribution in [-0.4, -0.2) is 51.6 Å². The van der Waals surface area contributed by atoms with E-state index in [0.717, 1.165) is 69.8 Å². The molecule has 0 unspecified atom stereocenters. The van der Waals surface area contributed by atoms with Crippen molar-refractivity contribution in [3.63, 3.8) is 0 Å². The van der Waals surface area contributed by atoms with Gasteiger partial charge in [-0.1, -0.05) is 6.07 Å². The number of hydrogen-bond donors (Lipinski definition) is 0. The molecule has 0 bridgehead atoms. The van der Waals surface area contributed by atoms with E-state index in [0.29, 0.717) is 11.9 Å². The first-order valence-corrected chi connectivity index (χ1v) is 9.80. The molecule has 0 amide bonds. The highest BCUT2D eigenvalue weighted by molar-refractivity contribution is 5.44. The Morgan fingerprint density at radius 3 is 2.39 bits per heavy atom. The predicted molar refractivity (Wildman–Crippen MR) is 99.9 cm³/mol. The van der Waals surface area contributed by atoms with Crippen molar-refractivity contribution >= 4 is 5.82 Å². The van der Waals surface area contributed by atoms with Gasteiger partial charge in [-0.2, -0.15) is 13.2 Å². The highest BCUT2D eigenvalue weighted by atomic mass is 19.4. The SMILES string of the molecule is FC(F)(F)c1cc(N(C2CC2)C2CCN(CCc3ccccn3)CC2)ncn1. The fraction of sp³-hybridized carbons (Fsp3) is 0.550. The van der Waals surface area contributed by atoms with Crippen molar-refractivity contribution in [2.45, 2.75) is 50.4 Å². The molecule has 1 saturated carbocycles. The number of halogens is 3. The van der Waals surface area contributed by atoms with Gasteiger partial charge in [0.15, 0.2) is 0 Å². The summed E-state index contributed by atoms with van der Waals surface area (Å²) in [5.74, 6) is 0.414. The lowest BCUT2D eigenvalue weighted by Gasteiger charge is -2.39. The molecule has 0 radical (unpaired) electrons. The summed E-state index contributed by atoms with van der Waals surface area (Å²) in [4.78, 5) is 16.5. The molecule has 8 heteroatoms. The number of nitrogens with zero attached hydrogens (tertiary/aromatic N) is 5. The quantitative estimate of drug-likeness (QED) is 0.753. The summed E-state index contributed by atoms with van der Waals surface area (Å²) in [6, 6.07) is 7.59. The lowest BCUT2D eigenvalue weighted by Crippen LogP contribution is -2.46. The minimum Gasteiger partial charge on any atom is -0.350 e. The highest BCUT2D eigenvalue weighted by Gasteiger charge is 2.38. The van der Waals surface area contributed by atoms with E-state index in [2.05, 4.69) is 24.8 Å². The van der Waals surface area contributed by atoms with Gasteiger partial charge < -0.3 is 9.80 Å². The summed E-state index contributed by atoms with van der Waals surface area (Å²) in [5.41, 5.74) is 0.223. The standard InChI is InChI=1S/C20H24F3N5/c21-20(22,23)18-13-19(26-14-25-18)28(16-4-5-16)17-7-11-27(12-8-17)10-6-15-3-1-2-9-24-15/h1-3,9,13-14,16-17H,4-8,10-12H2. The molecule has 28 heavy (non-hydrogen) atoms. The Morgan fingerprint density at radius 1 is 1.00 bits per heavy atom. The van der Waals surface area contributed by atoms with E-state index in [1.165, 1.54) is 0 Å². The van der Waals surface area contributed by atoms with Crippen LogP contribution in [0.3, 0.4) is 0 Å². The van der Waals surface area contributed by atoms with Crippen molar-refractivity contribution < 1.29 is 13.2 Å². The van der Waals surface area contributed by atoms with Gasteiger partial charge in [0.2, 0.25) is 0 Å². The number of pyridine rings is 1. The number of alkyl halides is 3. The van der Waals surface area contributed by atoms with Crippen molar-refractivity contribution in [2.24, 2.45) is 0 Å². The van der Waals surface area contributed by atoms with Crippen LogP contribution in [0.5, 0.6) is 0 Å².